The fourth-order valence-corrected chi connectivity index (χ4v) is 3.26. The molecule has 3 rings (SSSR count). The number of hydrogen-bond donors (Lipinski definition) is 1. The quantitative estimate of drug-likeness (QED) is 0.431. The Kier molecular flexibility index (Phi) is 7.60. The summed E-state index contributed by atoms with van der Waals surface area (Å²) in [6.45, 7) is 3.50. The van der Waals surface area contributed by atoms with Gasteiger partial charge in [0.05, 0.1) is 5.57 Å². The number of hydrogen-bond acceptors (Lipinski definition) is 4. The highest BCUT2D eigenvalue weighted by atomic mass is 35.5. The molecular weight excluding hydrogens is 407 g/mol. The molecule has 7 heteroatoms. The van der Waals surface area contributed by atoms with E-state index in [-0.39, 0.29) is 29.5 Å². The second-order valence-corrected chi connectivity index (χ2v) is 7.41. The summed E-state index contributed by atoms with van der Waals surface area (Å²) in [5.41, 5.74) is 1.54. The Bertz CT molecular complexity index is 926. The smallest absolute Gasteiger partial charge is 0.278 e. The zero-order valence-corrected chi connectivity index (χ0v) is 17.5. The second-order valence-electron chi connectivity index (χ2n) is 6.97. The predicted octanol–water partition coefficient (Wildman–Crippen LogP) is 4.88. The predicted molar refractivity (Wildman–Crippen MR) is 115 cm³/mol. The molecule has 0 saturated carbocycles. The van der Waals surface area contributed by atoms with Crippen molar-refractivity contribution in [3.63, 3.8) is 0 Å². The molecule has 2 aromatic rings. The molecule has 0 spiro atoms. The van der Waals surface area contributed by atoms with Gasteiger partial charge < -0.3 is 10.1 Å². The standard InChI is InChI=1S/C23H24ClFN2O3/c1-2-3-14-30-15-4-13-27-22(28)20(16-5-7-17(24)8-6-16)21(23(27)29)26-19-11-9-18(25)10-12-19/h5-12,26H,2-4,13-15H2,1H3. The summed E-state index contributed by atoms with van der Waals surface area (Å²) in [5, 5.41) is 3.53. The summed E-state index contributed by atoms with van der Waals surface area (Å²) in [6, 6.07) is 12.4. The average molecular weight is 431 g/mol. The fraction of sp³-hybridized carbons (Fsp3) is 0.304. The summed E-state index contributed by atoms with van der Waals surface area (Å²) in [7, 11) is 0. The van der Waals surface area contributed by atoms with Crippen molar-refractivity contribution >= 4 is 34.7 Å². The van der Waals surface area contributed by atoms with Crippen LogP contribution in [0.15, 0.2) is 54.2 Å². The number of carbonyl (C=O) groups excluding carboxylic acids is 2. The molecule has 1 heterocycles. The minimum absolute atomic E-state index is 0.167. The van der Waals surface area contributed by atoms with Crippen LogP contribution in [0.2, 0.25) is 5.02 Å². The Labute approximate surface area is 180 Å². The summed E-state index contributed by atoms with van der Waals surface area (Å²) in [4.78, 5) is 27.4. The molecule has 0 bridgehead atoms. The first kappa shape index (κ1) is 22.0. The van der Waals surface area contributed by atoms with Crippen molar-refractivity contribution in [1.82, 2.24) is 4.90 Å². The average Bonchev–Trinajstić information content (AvgIpc) is 2.97. The molecule has 0 aromatic heterocycles. The highest BCUT2D eigenvalue weighted by molar-refractivity contribution is 6.36. The third-order valence-electron chi connectivity index (χ3n) is 4.73. The van der Waals surface area contributed by atoms with Gasteiger partial charge in [0.15, 0.2) is 0 Å². The molecule has 0 atom stereocenters. The molecule has 30 heavy (non-hydrogen) atoms. The van der Waals surface area contributed by atoms with Crippen LogP contribution in [0.1, 0.15) is 31.7 Å². The Morgan fingerprint density at radius 3 is 2.30 bits per heavy atom. The molecule has 1 aliphatic heterocycles. The Morgan fingerprint density at radius 2 is 1.63 bits per heavy atom. The van der Waals surface area contributed by atoms with E-state index >= 15 is 0 Å². The lowest BCUT2D eigenvalue weighted by molar-refractivity contribution is -0.137. The summed E-state index contributed by atoms with van der Waals surface area (Å²) >= 11 is 5.97. The Balaban J connectivity index is 1.81. The summed E-state index contributed by atoms with van der Waals surface area (Å²) < 4.78 is 18.8. The van der Waals surface area contributed by atoms with E-state index in [2.05, 4.69) is 12.2 Å². The molecule has 0 fully saturated rings. The lowest BCUT2D eigenvalue weighted by atomic mass is 10.0. The van der Waals surface area contributed by atoms with Crippen molar-refractivity contribution in [2.45, 2.75) is 26.2 Å². The molecule has 0 radical (unpaired) electrons. The third-order valence-corrected chi connectivity index (χ3v) is 4.98. The number of nitrogens with one attached hydrogen (secondary N) is 1. The number of benzene rings is 2. The van der Waals surface area contributed by atoms with Gasteiger partial charge in [0, 0.05) is 30.5 Å². The number of halogens is 2. The number of rotatable bonds is 10. The number of anilines is 1. The molecule has 2 aromatic carbocycles. The van der Waals surface area contributed by atoms with Gasteiger partial charge in [0.25, 0.3) is 11.8 Å². The Morgan fingerprint density at radius 1 is 0.967 bits per heavy atom. The molecule has 0 unspecified atom stereocenters. The largest absolute Gasteiger partial charge is 0.381 e. The van der Waals surface area contributed by atoms with Crippen LogP contribution in [-0.2, 0) is 14.3 Å². The van der Waals surface area contributed by atoms with Crippen LogP contribution >= 0.6 is 11.6 Å². The fourth-order valence-electron chi connectivity index (χ4n) is 3.13. The topological polar surface area (TPSA) is 58.6 Å². The van der Waals surface area contributed by atoms with Crippen molar-refractivity contribution in [1.29, 1.82) is 0 Å². The van der Waals surface area contributed by atoms with E-state index in [1.165, 1.54) is 29.2 Å². The van der Waals surface area contributed by atoms with Crippen molar-refractivity contribution in [2.24, 2.45) is 0 Å². The first-order valence-corrected chi connectivity index (χ1v) is 10.4. The van der Waals surface area contributed by atoms with Gasteiger partial charge in [-0.3, -0.25) is 14.5 Å². The number of nitrogens with zero attached hydrogens (tertiary/aromatic N) is 1. The van der Waals surface area contributed by atoms with E-state index in [1.807, 2.05) is 0 Å². The van der Waals surface area contributed by atoms with E-state index < -0.39 is 5.91 Å². The second kappa shape index (κ2) is 10.4. The molecule has 1 N–H and O–H groups in total. The van der Waals surface area contributed by atoms with E-state index in [0.717, 1.165) is 12.8 Å². The van der Waals surface area contributed by atoms with Crippen LogP contribution in [0.25, 0.3) is 5.57 Å². The molecule has 0 aliphatic carbocycles. The lowest BCUT2D eigenvalue weighted by Crippen LogP contribution is -2.34. The number of amides is 2. The molecule has 0 saturated heterocycles. The van der Waals surface area contributed by atoms with Crippen molar-refractivity contribution in [3.05, 3.63) is 70.6 Å². The van der Waals surface area contributed by atoms with Gasteiger partial charge in [-0.05, 0) is 54.8 Å². The van der Waals surface area contributed by atoms with Crippen LogP contribution < -0.4 is 5.32 Å². The highest BCUT2D eigenvalue weighted by Gasteiger charge is 2.38. The number of carbonyl (C=O) groups is 2. The van der Waals surface area contributed by atoms with Gasteiger partial charge >= 0.3 is 0 Å². The van der Waals surface area contributed by atoms with Crippen LogP contribution in [0.3, 0.4) is 0 Å². The van der Waals surface area contributed by atoms with E-state index in [1.54, 1.807) is 24.3 Å². The monoisotopic (exact) mass is 430 g/mol. The van der Waals surface area contributed by atoms with Crippen molar-refractivity contribution < 1.29 is 18.7 Å². The van der Waals surface area contributed by atoms with Crippen LogP contribution in [0.5, 0.6) is 0 Å². The summed E-state index contributed by atoms with van der Waals surface area (Å²) in [6.07, 6.45) is 2.59. The zero-order chi connectivity index (χ0) is 21.5. The number of imide groups is 1. The van der Waals surface area contributed by atoms with Crippen LogP contribution in [0, 0.1) is 5.82 Å². The van der Waals surface area contributed by atoms with E-state index in [4.69, 9.17) is 16.3 Å². The maximum Gasteiger partial charge on any atom is 0.278 e. The first-order valence-electron chi connectivity index (χ1n) is 9.98. The normalized spacial score (nSPS) is 14.0. The van der Waals surface area contributed by atoms with Crippen LogP contribution in [0.4, 0.5) is 10.1 Å². The highest BCUT2D eigenvalue weighted by Crippen LogP contribution is 2.31. The molecule has 2 amide bonds. The van der Waals surface area contributed by atoms with Gasteiger partial charge in [-0.15, -0.1) is 0 Å². The third kappa shape index (κ3) is 5.26. The molecule has 158 valence electrons. The van der Waals surface area contributed by atoms with E-state index in [0.29, 0.717) is 35.9 Å². The Hall–Kier alpha value is -2.70. The van der Waals surface area contributed by atoms with Gasteiger partial charge in [-0.2, -0.15) is 0 Å². The molecule has 1 aliphatic rings. The maximum atomic E-state index is 13.2. The van der Waals surface area contributed by atoms with Gasteiger partial charge in [0.2, 0.25) is 0 Å². The van der Waals surface area contributed by atoms with Crippen LogP contribution in [-0.4, -0.2) is 36.5 Å². The molecular formula is C23H24ClFN2O3. The minimum atomic E-state index is -0.414. The van der Waals surface area contributed by atoms with Crippen molar-refractivity contribution in [2.75, 3.05) is 25.1 Å². The first-order chi connectivity index (χ1) is 14.5. The maximum absolute atomic E-state index is 13.2. The zero-order valence-electron chi connectivity index (χ0n) is 16.8. The molecule has 5 nitrogen and oxygen atoms in total. The number of unbranched alkanes of at least 4 members (excludes halogenated alkanes) is 1. The number of ether oxygens (including phenoxy) is 1. The minimum Gasteiger partial charge on any atom is -0.381 e. The van der Waals surface area contributed by atoms with Gasteiger partial charge in [-0.25, -0.2) is 4.39 Å². The van der Waals surface area contributed by atoms with Crippen molar-refractivity contribution in [3.8, 4) is 0 Å². The van der Waals surface area contributed by atoms with Gasteiger partial charge in [0.1, 0.15) is 11.5 Å². The van der Waals surface area contributed by atoms with E-state index in [9.17, 15) is 14.0 Å². The SMILES string of the molecule is CCCCOCCCN1C(=O)C(Nc2ccc(F)cc2)=C(c2ccc(Cl)cc2)C1=O. The van der Waals surface area contributed by atoms with Gasteiger partial charge in [-0.1, -0.05) is 37.1 Å². The summed E-state index contributed by atoms with van der Waals surface area (Å²) in [5.74, 6) is -1.17. The lowest BCUT2D eigenvalue weighted by Gasteiger charge is -2.15.